The summed E-state index contributed by atoms with van der Waals surface area (Å²) in [5.74, 6) is 1.20. The molecule has 0 spiro atoms. The summed E-state index contributed by atoms with van der Waals surface area (Å²) < 4.78 is 0. The molecule has 0 saturated carbocycles. The van der Waals surface area contributed by atoms with Crippen LogP contribution in [-0.4, -0.2) is 48.1 Å². The van der Waals surface area contributed by atoms with Crippen LogP contribution in [0.5, 0.6) is 0 Å². The van der Waals surface area contributed by atoms with Crippen molar-refractivity contribution in [1.29, 1.82) is 0 Å². The molecular weight excluding hydrogens is 236 g/mol. The van der Waals surface area contributed by atoms with Crippen LogP contribution in [0, 0.1) is 5.41 Å². The third-order valence-corrected chi connectivity index (χ3v) is 4.51. The summed E-state index contributed by atoms with van der Waals surface area (Å²) in [5.41, 5.74) is 3.08. The van der Waals surface area contributed by atoms with E-state index in [0.717, 1.165) is 39.0 Å². The van der Waals surface area contributed by atoms with E-state index >= 15 is 0 Å². The molecule has 1 aliphatic carbocycles. The van der Waals surface area contributed by atoms with Gasteiger partial charge in [-0.15, -0.1) is 0 Å². The highest BCUT2D eigenvalue weighted by molar-refractivity contribution is 5.50. The van der Waals surface area contributed by atoms with Gasteiger partial charge < -0.3 is 9.80 Å². The quantitative estimate of drug-likeness (QED) is 0.770. The molecule has 3 rings (SSSR count). The van der Waals surface area contributed by atoms with Gasteiger partial charge in [0.1, 0.15) is 12.1 Å². The van der Waals surface area contributed by atoms with Crippen molar-refractivity contribution in [2.24, 2.45) is 5.41 Å². The fourth-order valence-electron chi connectivity index (χ4n) is 3.14. The summed E-state index contributed by atoms with van der Waals surface area (Å²) in [7, 11) is 2.19. The first-order valence-electron chi connectivity index (χ1n) is 7.31. The number of nitrogens with zero attached hydrogens (tertiary/aromatic N) is 4. The van der Waals surface area contributed by atoms with Crippen LogP contribution in [0.2, 0.25) is 0 Å². The maximum absolute atomic E-state index is 4.58. The molecule has 1 aromatic rings. The molecule has 1 aromatic heterocycles. The van der Waals surface area contributed by atoms with Crippen LogP contribution in [0.15, 0.2) is 6.33 Å². The van der Waals surface area contributed by atoms with E-state index in [0.29, 0.717) is 5.41 Å². The van der Waals surface area contributed by atoms with Gasteiger partial charge in [-0.05, 0) is 31.7 Å². The Morgan fingerprint density at radius 1 is 1.11 bits per heavy atom. The third-order valence-electron chi connectivity index (χ3n) is 4.51. The Labute approximate surface area is 115 Å². The first-order chi connectivity index (χ1) is 9.05. The average molecular weight is 260 g/mol. The van der Waals surface area contributed by atoms with E-state index in [-0.39, 0.29) is 0 Å². The van der Waals surface area contributed by atoms with E-state index in [2.05, 4.69) is 40.7 Å². The molecule has 2 heterocycles. The molecule has 0 bridgehead atoms. The molecule has 1 aliphatic heterocycles. The zero-order valence-corrected chi connectivity index (χ0v) is 12.3. The minimum atomic E-state index is 0.390. The zero-order valence-electron chi connectivity index (χ0n) is 12.3. The highest BCUT2D eigenvalue weighted by Crippen LogP contribution is 2.36. The van der Waals surface area contributed by atoms with Gasteiger partial charge in [-0.3, -0.25) is 0 Å². The molecule has 0 atom stereocenters. The van der Waals surface area contributed by atoms with Crippen molar-refractivity contribution >= 4 is 5.82 Å². The lowest BCUT2D eigenvalue weighted by atomic mass is 9.76. The van der Waals surface area contributed by atoms with Crippen molar-refractivity contribution in [3.8, 4) is 0 Å². The fraction of sp³-hybridized carbons (Fsp3) is 0.733. The molecule has 2 aliphatic rings. The first-order valence-corrected chi connectivity index (χ1v) is 7.31. The van der Waals surface area contributed by atoms with Crippen LogP contribution in [0.4, 0.5) is 5.82 Å². The van der Waals surface area contributed by atoms with Gasteiger partial charge in [0.2, 0.25) is 0 Å². The minimum Gasteiger partial charge on any atom is -0.354 e. The molecule has 1 fully saturated rings. The molecule has 104 valence electrons. The van der Waals surface area contributed by atoms with E-state index in [1.807, 2.05) is 0 Å². The summed E-state index contributed by atoms with van der Waals surface area (Å²) in [4.78, 5) is 13.9. The van der Waals surface area contributed by atoms with E-state index in [1.54, 1.807) is 6.33 Å². The number of hydrogen-bond donors (Lipinski definition) is 0. The second-order valence-corrected chi connectivity index (χ2v) is 6.75. The number of piperazine rings is 1. The summed E-state index contributed by atoms with van der Waals surface area (Å²) in [6, 6.07) is 0. The van der Waals surface area contributed by atoms with Crippen molar-refractivity contribution in [3.05, 3.63) is 17.6 Å². The van der Waals surface area contributed by atoms with E-state index in [1.165, 1.54) is 23.5 Å². The van der Waals surface area contributed by atoms with Crippen LogP contribution in [0.3, 0.4) is 0 Å². The van der Waals surface area contributed by atoms with E-state index in [4.69, 9.17) is 0 Å². The van der Waals surface area contributed by atoms with E-state index in [9.17, 15) is 0 Å². The molecule has 0 N–H and O–H groups in total. The van der Waals surface area contributed by atoms with Gasteiger partial charge in [0.05, 0.1) is 0 Å². The van der Waals surface area contributed by atoms with Crippen molar-refractivity contribution in [3.63, 3.8) is 0 Å². The Hall–Kier alpha value is -1.16. The number of fused-ring (bicyclic) bond motifs is 1. The van der Waals surface area contributed by atoms with Crippen molar-refractivity contribution in [2.75, 3.05) is 38.1 Å². The van der Waals surface area contributed by atoms with Gasteiger partial charge in [-0.25, -0.2) is 9.97 Å². The van der Waals surface area contributed by atoms with Gasteiger partial charge in [0.25, 0.3) is 0 Å². The minimum absolute atomic E-state index is 0.390. The second-order valence-electron chi connectivity index (χ2n) is 6.75. The molecule has 19 heavy (non-hydrogen) atoms. The van der Waals surface area contributed by atoms with E-state index < -0.39 is 0 Å². The predicted molar refractivity (Wildman–Crippen MR) is 77.5 cm³/mol. The smallest absolute Gasteiger partial charge is 0.135 e. The Balaban J connectivity index is 1.87. The second kappa shape index (κ2) is 4.75. The Kier molecular flexibility index (Phi) is 3.21. The summed E-state index contributed by atoms with van der Waals surface area (Å²) in [6.45, 7) is 9.11. The van der Waals surface area contributed by atoms with Crippen LogP contribution < -0.4 is 4.90 Å². The fourth-order valence-corrected chi connectivity index (χ4v) is 3.14. The van der Waals surface area contributed by atoms with Gasteiger partial charge >= 0.3 is 0 Å². The van der Waals surface area contributed by atoms with Crippen LogP contribution in [-0.2, 0) is 12.8 Å². The highest BCUT2D eigenvalue weighted by Gasteiger charge is 2.29. The number of likely N-dealkylation sites (N-methyl/N-ethyl adjacent to an activating group) is 1. The van der Waals surface area contributed by atoms with Crippen LogP contribution >= 0.6 is 0 Å². The molecule has 0 radical (unpaired) electrons. The summed E-state index contributed by atoms with van der Waals surface area (Å²) in [5, 5.41) is 0. The molecular formula is C15H24N4. The normalized spacial score (nSPS) is 23.2. The van der Waals surface area contributed by atoms with Gasteiger partial charge in [0, 0.05) is 37.4 Å². The Morgan fingerprint density at radius 3 is 2.58 bits per heavy atom. The predicted octanol–water partition coefficient (Wildman–Crippen LogP) is 1.74. The molecule has 1 saturated heterocycles. The largest absolute Gasteiger partial charge is 0.354 e. The summed E-state index contributed by atoms with van der Waals surface area (Å²) in [6.07, 6.45) is 5.22. The Bertz CT molecular complexity index is 461. The van der Waals surface area contributed by atoms with Gasteiger partial charge in [0.15, 0.2) is 0 Å². The third kappa shape index (κ3) is 2.59. The van der Waals surface area contributed by atoms with Crippen molar-refractivity contribution < 1.29 is 0 Å². The van der Waals surface area contributed by atoms with Gasteiger partial charge in [-0.2, -0.15) is 0 Å². The molecule has 4 nitrogen and oxygen atoms in total. The standard InChI is InChI=1S/C15H24N4/c1-15(2)5-4-12-13(10-15)16-11-17-14(12)19-8-6-18(3)7-9-19/h11H,4-10H2,1-3H3. The molecule has 0 unspecified atom stereocenters. The van der Waals surface area contributed by atoms with Crippen molar-refractivity contribution in [2.45, 2.75) is 33.1 Å². The lowest BCUT2D eigenvalue weighted by Crippen LogP contribution is -2.45. The van der Waals surface area contributed by atoms with Crippen LogP contribution in [0.25, 0.3) is 0 Å². The zero-order chi connectivity index (χ0) is 13.5. The number of rotatable bonds is 1. The highest BCUT2D eigenvalue weighted by atomic mass is 15.3. The number of anilines is 1. The SMILES string of the molecule is CN1CCN(c2ncnc3c2CCC(C)(C)C3)CC1. The number of hydrogen-bond acceptors (Lipinski definition) is 4. The van der Waals surface area contributed by atoms with Crippen molar-refractivity contribution in [1.82, 2.24) is 14.9 Å². The molecule has 0 amide bonds. The Morgan fingerprint density at radius 2 is 1.84 bits per heavy atom. The number of aromatic nitrogens is 2. The monoisotopic (exact) mass is 260 g/mol. The van der Waals surface area contributed by atoms with Crippen LogP contribution in [0.1, 0.15) is 31.5 Å². The molecule has 4 heteroatoms. The average Bonchev–Trinajstić information content (AvgIpc) is 2.37. The lowest BCUT2D eigenvalue weighted by Gasteiger charge is -2.37. The maximum atomic E-state index is 4.58. The molecule has 0 aromatic carbocycles. The first kappa shape index (κ1) is 12.9. The van der Waals surface area contributed by atoms with Gasteiger partial charge in [-0.1, -0.05) is 13.8 Å². The summed E-state index contributed by atoms with van der Waals surface area (Å²) >= 11 is 0. The lowest BCUT2D eigenvalue weighted by molar-refractivity contribution is 0.303. The maximum Gasteiger partial charge on any atom is 0.135 e. The topological polar surface area (TPSA) is 32.3 Å².